The first-order chi connectivity index (χ1) is 9.19. The van der Waals surface area contributed by atoms with Crippen molar-refractivity contribution in [1.82, 2.24) is 14.9 Å². The Hall–Kier alpha value is -1.20. The van der Waals surface area contributed by atoms with E-state index in [1.165, 1.54) is 0 Å². The number of hydrogen-bond acceptors (Lipinski definition) is 5. The monoisotopic (exact) mass is 264 g/mol. The predicted octanol–water partition coefficient (Wildman–Crippen LogP) is 1.78. The summed E-state index contributed by atoms with van der Waals surface area (Å²) in [6.07, 6.45) is 0.909. The molecule has 106 valence electrons. The molecule has 0 bridgehead atoms. The van der Waals surface area contributed by atoms with Gasteiger partial charge in [-0.1, -0.05) is 13.8 Å². The largest absolute Gasteiger partial charge is 0.373 e. The molecule has 0 aromatic carbocycles. The fraction of sp³-hybridized carbons (Fsp3) is 0.714. The summed E-state index contributed by atoms with van der Waals surface area (Å²) in [6.45, 7) is 10.0. The van der Waals surface area contributed by atoms with Gasteiger partial charge in [0.25, 0.3) is 0 Å². The minimum absolute atomic E-state index is 0.00769. The van der Waals surface area contributed by atoms with Crippen LogP contribution in [-0.4, -0.2) is 48.2 Å². The molecular formula is C14H24N4O. The van der Waals surface area contributed by atoms with Crippen molar-refractivity contribution in [2.45, 2.75) is 33.3 Å². The van der Waals surface area contributed by atoms with Crippen molar-refractivity contribution in [3.05, 3.63) is 17.1 Å². The molecule has 1 atom stereocenters. The fourth-order valence-corrected chi connectivity index (χ4v) is 2.46. The van der Waals surface area contributed by atoms with Gasteiger partial charge in [0, 0.05) is 31.4 Å². The molecule has 1 aromatic rings. The van der Waals surface area contributed by atoms with Crippen LogP contribution in [0.25, 0.3) is 0 Å². The Bertz CT molecular complexity index is 410. The maximum absolute atomic E-state index is 5.84. The van der Waals surface area contributed by atoms with Crippen LogP contribution >= 0.6 is 0 Å². The molecular weight excluding hydrogens is 240 g/mol. The van der Waals surface area contributed by atoms with E-state index in [1.54, 1.807) is 0 Å². The number of ether oxygens (including phenoxy) is 1. The molecule has 2 rings (SSSR count). The number of nitrogens with one attached hydrogen (secondary N) is 1. The average Bonchev–Trinajstić information content (AvgIpc) is 2.47. The van der Waals surface area contributed by atoms with Crippen LogP contribution in [0, 0.1) is 6.92 Å². The lowest BCUT2D eigenvalue weighted by molar-refractivity contribution is -0.0326. The number of aromatic nitrogens is 2. The number of anilines is 1. The molecule has 0 amide bonds. The second kappa shape index (κ2) is 6.30. The summed E-state index contributed by atoms with van der Waals surface area (Å²) < 4.78 is 5.84. The molecule has 1 aliphatic heterocycles. The highest BCUT2D eigenvalue weighted by Gasteiger charge is 2.24. The number of likely N-dealkylation sites (N-methyl/N-ethyl adjacent to an activating group) is 1. The van der Waals surface area contributed by atoms with Gasteiger partial charge in [-0.15, -0.1) is 0 Å². The smallest absolute Gasteiger partial charge is 0.161 e. The van der Waals surface area contributed by atoms with E-state index in [-0.39, 0.29) is 6.10 Å². The van der Waals surface area contributed by atoms with Crippen LogP contribution < -0.4 is 5.32 Å². The molecule has 1 aromatic heterocycles. The molecule has 2 heterocycles. The van der Waals surface area contributed by atoms with Gasteiger partial charge in [0.05, 0.1) is 6.61 Å². The maximum Gasteiger partial charge on any atom is 0.161 e. The zero-order valence-corrected chi connectivity index (χ0v) is 12.4. The van der Waals surface area contributed by atoms with E-state index < -0.39 is 0 Å². The SMILES string of the molecule is CCc1nc(C2CN(CC)CCO2)nc(NC)c1C. The van der Waals surface area contributed by atoms with Crippen molar-refractivity contribution in [3.8, 4) is 0 Å². The van der Waals surface area contributed by atoms with E-state index in [0.717, 1.165) is 55.6 Å². The van der Waals surface area contributed by atoms with E-state index in [9.17, 15) is 0 Å². The van der Waals surface area contributed by atoms with E-state index in [2.05, 4.69) is 41.0 Å². The van der Waals surface area contributed by atoms with Gasteiger partial charge < -0.3 is 10.1 Å². The summed E-state index contributed by atoms with van der Waals surface area (Å²) in [5.41, 5.74) is 2.24. The van der Waals surface area contributed by atoms with Gasteiger partial charge in [-0.05, 0) is 19.9 Å². The van der Waals surface area contributed by atoms with Crippen molar-refractivity contribution in [1.29, 1.82) is 0 Å². The first-order valence-corrected chi connectivity index (χ1v) is 7.08. The lowest BCUT2D eigenvalue weighted by Crippen LogP contribution is -2.38. The van der Waals surface area contributed by atoms with Crippen LogP contribution in [0.1, 0.15) is 37.0 Å². The third-order valence-corrected chi connectivity index (χ3v) is 3.72. The van der Waals surface area contributed by atoms with Crippen LogP contribution in [0.3, 0.4) is 0 Å². The molecule has 1 saturated heterocycles. The fourth-order valence-electron chi connectivity index (χ4n) is 2.46. The lowest BCUT2D eigenvalue weighted by Gasteiger charge is -2.31. The molecule has 0 radical (unpaired) electrons. The molecule has 0 saturated carbocycles. The van der Waals surface area contributed by atoms with Gasteiger partial charge >= 0.3 is 0 Å². The molecule has 1 aliphatic rings. The van der Waals surface area contributed by atoms with Crippen molar-refractivity contribution < 1.29 is 4.74 Å². The quantitative estimate of drug-likeness (QED) is 0.898. The van der Waals surface area contributed by atoms with Gasteiger partial charge in [-0.2, -0.15) is 0 Å². The van der Waals surface area contributed by atoms with Crippen molar-refractivity contribution in [2.24, 2.45) is 0 Å². The molecule has 19 heavy (non-hydrogen) atoms. The van der Waals surface area contributed by atoms with E-state index in [4.69, 9.17) is 4.74 Å². The predicted molar refractivity (Wildman–Crippen MR) is 76.5 cm³/mol. The second-order valence-corrected chi connectivity index (χ2v) is 4.86. The number of rotatable bonds is 4. The molecule has 1 unspecified atom stereocenters. The van der Waals surface area contributed by atoms with E-state index >= 15 is 0 Å². The van der Waals surface area contributed by atoms with Gasteiger partial charge in [-0.25, -0.2) is 9.97 Å². The third kappa shape index (κ3) is 3.04. The van der Waals surface area contributed by atoms with Crippen LogP contribution in [-0.2, 0) is 11.2 Å². The molecule has 5 nitrogen and oxygen atoms in total. The van der Waals surface area contributed by atoms with Crippen molar-refractivity contribution >= 4 is 5.82 Å². The van der Waals surface area contributed by atoms with Gasteiger partial charge in [0.2, 0.25) is 0 Å². The zero-order chi connectivity index (χ0) is 13.8. The standard InChI is InChI=1S/C14H24N4O/c1-5-11-10(3)13(15-4)17-14(16-11)12-9-18(6-2)7-8-19-12/h12H,5-9H2,1-4H3,(H,15,16,17). The summed E-state index contributed by atoms with van der Waals surface area (Å²) in [5, 5.41) is 3.15. The average molecular weight is 264 g/mol. The Labute approximate surface area is 115 Å². The van der Waals surface area contributed by atoms with E-state index in [1.807, 2.05) is 7.05 Å². The van der Waals surface area contributed by atoms with Gasteiger partial charge in [0.15, 0.2) is 5.82 Å². The highest BCUT2D eigenvalue weighted by molar-refractivity contribution is 5.45. The Kier molecular flexibility index (Phi) is 4.71. The first kappa shape index (κ1) is 14.2. The minimum atomic E-state index is -0.00769. The number of morpholine rings is 1. The van der Waals surface area contributed by atoms with Crippen molar-refractivity contribution in [3.63, 3.8) is 0 Å². The normalized spacial score (nSPS) is 20.5. The second-order valence-electron chi connectivity index (χ2n) is 4.86. The number of aryl methyl sites for hydroxylation is 1. The highest BCUT2D eigenvalue weighted by Crippen LogP contribution is 2.23. The van der Waals surface area contributed by atoms with Crippen LogP contribution in [0.15, 0.2) is 0 Å². The van der Waals surface area contributed by atoms with Gasteiger partial charge in [-0.3, -0.25) is 4.90 Å². The Morgan fingerprint density at radius 3 is 2.79 bits per heavy atom. The highest BCUT2D eigenvalue weighted by atomic mass is 16.5. The topological polar surface area (TPSA) is 50.3 Å². The molecule has 0 aliphatic carbocycles. The number of hydrogen-bond donors (Lipinski definition) is 1. The lowest BCUT2D eigenvalue weighted by atomic mass is 10.1. The molecule has 1 N–H and O–H groups in total. The number of nitrogens with zero attached hydrogens (tertiary/aromatic N) is 3. The van der Waals surface area contributed by atoms with Crippen LogP contribution in [0.5, 0.6) is 0 Å². The first-order valence-electron chi connectivity index (χ1n) is 7.08. The molecule has 0 spiro atoms. The molecule has 1 fully saturated rings. The summed E-state index contributed by atoms with van der Waals surface area (Å²) in [4.78, 5) is 11.7. The van der Waals surface area contributed by atoms with E-state index in [0.29, 0.717) is 0 Å². The zero-order valence-electron chi connectivity index (χ0n) is 12.4. The third-order valence-electron chi connectivity index (χ3n) is 3.72. The maximum atomic E-state index is 5.84. The Balaban J connectivity index is 2.28. The Morgan fingerprint density at radius 1 is 1.37 bits per heavy atom. The van der Waals surface area contributed by atoms with Crippen molar-refractivity contribution in [2.75, 3.05) is 38.6 Å². The van der Waals surface area contributed by atoms with Crippen LogP contribution in [0.2, 0.25) is 0 Å². The summed E-state index contributed by atoms with van der Waals surface area (Å²) in [5.74, 6) is 1.73. The van der Waals surface area contributed by atoms with Gasteiger partial charge in [0.1, 0.15) is 11.9 Å². The Morgan fingerprint density at radius 2 is 2.16 bits per heavy atom. The van der Waals surface area contributed by atoms with Crippen LogP contribution in [0.4, 0.5) is 5.82 Å². The summed E-state index contributed by atoms with van der Waals surface area (Å²) in [6, 6.07) is 0. The summed E-state index contributed by atoms with van der Waals surface area (Å²) >= 11 is 0. The summed E-state index contributed by atoms with van der Waals surface area (Å²) in [7, 11) is 1.90. The minimum Gasteiger partial charge on any atom is -0.373 e. The molecule has 5 heteroatoms.